The first-order valence-electron chi connectivity index (χ1n) is 5.95. The average Bonchev–Trinajstić information content (AvgIpc) is 2.62. The molecule has 0 unspecified atom stereocenters. The van der Waals surface area contributed by atoms with Crippen molar-refractivity contribution in [2.24, 2.45) is 16.3 Å². The molecule has 3 N–H and O–H groups in total. The van der Waals surface area contributed by atoms with Gasteiger partial charge in [-0.1, -0.05) is 26.0 Å². The number of primary amides is 1. The van der Waals surface area contributed by atoms with Crippen LogP contribution in [0.3, 0.4) is 0 Å². The summed E-state index contributed by atoms with van der Waals surface area (Å²) in [5.41, 5.74) is 6.13. The maximum absolute atomic E-state index is 10.6. The Morgan fingerprint density at radius 3 is 2.84 bits per heavy atom. The van der Waals surface area contributed by atoms with Crippen molar-refractivity contribution in [1.82, 2.24) is 5.01 Å². The number of nitrogens with zero attached hydrogens (tertiary/aromatic N) is 2. The van der Waals surface area contributed by atoms with Gasteiger partial charge in [-0.05, 0) is 12.1 Å². The molecule has 0 atom stereocenters. The molecule has 19 heavy (non-hydrogen) atoms. The van der Waals surface area contributed by atoms with Crippen LogP contribution in [0.1, 0.15) is 19.4 Å². The van der Waals surface area contributed by atoms with E-state index in [1.54, 1.807) is 17.1 Å². The van der Waals surface area contributed by atoms with Crippen LogP contribution in [0, 0.1) is 5.41 Å². The topological polar surface area (TPSA) is 88.2 Å². The molecule has 0 aliphatic carbocycles. The molecule has 2 rings (SSSR count). The fraction of sp³-hybridized carbons (Fsp3) is 0.385. The molecule has 0 spiro atoms. The fourth-order valence-corrected chi connectivity index (χ4v) is 2.15. The van der Waals surface area contributed by atoms with E-state index in [-0.39, 0.29) is 17.9 Å². The molecule has 0 saturated heterocycles. The van der Waals surface area contributed by atoms with Crippen molar-refractivity contribution in [1.29, 1.82) is 0 Å². The van der Waals surface area contributed by atoms with Crippen LogP contribution >= 0.6 is 0 Å². The number of phenols is 1. The standard InChI is InChI=1S/C13H17N3O3/c1-13(2)7-16(8-19-12(14)18)15-11(13)9-5-3-4-6-10(9)17/h3-6,17H,7-8H2,1-2H3,(H2,14,18). The zero-order chi connectivity index (χ0) is 14.0. The lowest BCUT2D eigenvalue weighted by molar-refractivity contribution is 0.0741. The van der Waals surface area contributed by atoms with Crippen molar-refractivity contribution in [3.05, 3.63) is 29.8 Å². The summed E-state index contributed by atoms with van der Waals surface area (Å²) in [6, 6.07) is 7.04. The van der Waals surface area contributed by atoms with E-state index in [0.717, 1.165) is 5.71 Å². The number of hydrogen-bond acceptors (Lipinski definition) is 5. The van der Waals surface area contributed by atoms with Gasteiger partial charge in [-0.2, -0.15) is 5.10 Å². The van der Waals surface area contributed by atoms with Gasteiger partial charge in [-0.15, -0.1) is 0 Å². The van der Waals surface area contributed by atoms with E-state index in [4.69, 9.17) is 10.5 Å². The van der Waals surface area contributed by atoms with Crippen LogP contribution in [-0.2, 0) is 4.74 Å². The average molecular weight is 263 g/mol. The number of hydrazone groups is 1. The third kappa shape index (κ3) is 2.78. The molecule has 102 valence electrons. The summed E-state index contributed by atoms with van der Waals surface area (Å²) >= 11 is 0. The van der Waals surface area contributed by atoms with Gasteiger partial charge >= 0.3 is 6.09 Å². The van der Waals surface area contributed by atoms with Crippen LogP contribution in [0.15, 0.2) is 29.4 Å². The molecule has 1 aromatic carbocycles. The molecular weight excluding hydrogens is 246 g/mol. The molecule has 6 heteroatoms. The zero-order valence-electron chi connectivity index (χ0n) is 11.0. The second kappa shape index (κ2) is 4.79. The summed E-state index contributed by atoms with van der Waals surface area (Å²) in [4.78, 5) is 10.6. The monoisotopic (exact) mass is 263 g/mol. The minimum atomic E-state index is -0.830. The van der Waals surface area contributed by atoms with Gasteiger partial charge < -0.3 is 15.6 Å². The Balaban J connectivity index is 2.25. The Labute approximate surface area is 111 Å². The number of para-hydroxylation sites is 1. The van der Waals surface area contributed by atoms with Gasteiger partial charge in [-0.25, -0.2) is 4.79 Å². The maximum Gasteiger partial charge on any atom is 0.406 e. The summed E-state index contributed by atoms with van der Waals surface area (Å²) in [5, 5.41) is 15.9. The van der Waals surface area contributed by atoms with E-state index in [0.29, 0.717) is 12.1 Å². The van der Waals surface area contributed by atoms with E-state index >= 15 is 0 Å². The Hall–Kier alpha value is -2.24. The quantitative estimate of drug-likeness (QED) is 0.864. The Morgan fingerprint density at radius 1 is 1.53 bits per heavy atom. The molecular formula is C13H17N3O3. The second-order valence-electron chi connectivity index (χ2n) is 5.11. The number of benzene rings is 1. The van der Waals surface area contributed by atoms with Gasteiger partial charge in [0.05, 0.1) is 12.3 Å². The predicted molar refractivity (Wildman–Crippen MR) is 70.7 cm³/mol. The highest BCUT2D eigenvalue weighted by Gasteiger charge is 2.36. The van der Waals surface area contributed by atoms with Crippen LogP contribution in [0.5, 0.6) is 5.75 Å². The molecule has 6 nitrogen and oxygen atoms in total. The number of carbonyl (C=O) groups excluding carboxylic acids is 1. The Bertz CT molecular complexity index is 526. The number of amides is 1. The van der Waals surface area contributed by atoms with E-state index in [9.17, 15) is 9.90 Å². The van der Waals surface area contributed by atoms with E-state index < -0.39 is 6.09 Å². The summed E-state index contributed by atoms with van der Waals surface area (Å²) in [7, 11) is 0. The third-order valence-corrected chi connectivity index (χ3v) is 2.98. The molecule has 1 heterocycles. The van der Waals surface area contributed by atoms with Crippen LogP contribution in [-0.4, -0.2) is 35.2 Å². The summed E-state index contributed by atoms with van der Waals surface area (Å²) in [6.07, 6.45) is -0.830. The van der Waals surface area contributed by atoms with E-state index in [1.165, 1.54) is 0 Å². The highest BCUT2D eigenvalue weighted by molar-refractivity contribution is 6.07. The lowest BCUT2D eigenvalue weighted by Crippen LogP contribution is -2.30. The van der Waals surface area contributed by atoms with Crippen LogP contribution in [0.25, 0.3) is 0 Å². The van der Waals surface area contributed by atoms with Crippen molar-refractivity contribution in [2.45, 2.75) is 13.8 Å². The smallest absolute Gasteiger partial charge is 0.406 e. The van der Waals surface area contributed by atoms with Gasteiger partial charge in [0.25, 0.3) is 0 Å². The molecule has 0 fully saturated rings. The van der Waals surface area contributed by atoms with Gasteiger partial charge in [0.15, 0.2) is 6.73 Å². The number of hydrogen-bond donors (Lipinski definition) is 2. The van der Waals surface area contributed by atoms with Crippen molar-refractivity contribution >= 4 is 11.8 Å². The second-order valence-corrected chi connectivity index (χ2v) is 5.11. The number of aromatic hydroxyl groups is 1. The molecule has 0 saturated carbocycles. The summed E-state index contributed by atoms with van der Waals surface area (Å²) in [5.74, 6) is 0.187. The summed E-state index contributed by atoms with van der Waals surface area (Å²) in [6.45, 7) is 4.63. The first kappa shape index (κ1) is 13.2. The minimum Gasteiger partial charge on any atom is -0.507 e. The Kier molecular flexibility index (Phi) is 3.33. The van der Waals surface area contributed by atoms with Crippen molar-refractivity contribution in [2.75, 3.05) is 13.3 Å². The predicted octanol–water partition coefficient (Wildman–Crippen LogP) is 1.49. The van der Waals surface area contributed by atoms with Crippen molar-refractivity contribution < 1.29 is 14.6 Å². The molecule has 1 aromatic rings. The SMILES string of the molecule is CC1(C)CN(COC(N)=O)N=C1c1ccccc1O. The van der Waals surface area contributed by atoms with E-state index in [1.807, 2.05) is 26.0 Å². The largest absolute Gasteiger partial charge is 0.507 e. The maximum atomic E-state index is 10.6. The number of phenolic OH excluding ortho intramolecular Hbond substituents is 1. The fourth-order valence-electron chi connectivity index (χ4n) is 2.15. The van der Waals surface area contributed by atoms with E-state index in [2.05, 4.69) is 5.10 Å². The molecule has 0 aromatic heterocycles. The molecule has 0 bridgehead atoms. The number of nitrogens with two attached hydrogens (primary N) is 1. The lowest BCUT2D eigenvalue weighted by atomic mass is 9.84. The van der Waals surface area contributed by atoms with Gasteiger partial charge in [-0.3, -0.25) is 5.01 Å². The minimum absolute atomic E-state index is 0.00978. The molecule has 1 aliphatic heterocycles. The number of carbonyl (C=O) groups is 1. The summed E-state index contributed by atoms with van der Waals surface area (Å²) < 4.78 is 4.73. The third-order valence-electron chi connectivity index (χ3n) is 2.98. The number of rotatable bonds is 3. The lowest BCUT2D eigenvalue weighted by Gasteiger charge is -2.21. The molecule has 0 radical (unpaired) electrons. The highest BCUT2D eigenvalue weighted by Crippen LogP contribution is 2.33. The van der Waals surface area contributed by atoms with Crippen molar-refractivity contribution in [3.8, 4) is 5.75 Å². The van der Waals surface area contributed by atoms with Crippen LogP contribution in [0.2, 0.25) is 0 Å². The number of ether oxygens (including phenoxy) is 1. The van der Waals surface area contributed by atoms with Gasteiger partial charge in [0.2, 0.25) is 0 Å². The highest BCUT2D eigenvalue weighted by atomic mass is 16.6. The Morgan fingerprint density at radius 2 is 2.21 bits per heavy atom. The first-order valence-corrected chi connectivity index (χ1v) is 5.95. The first-order chi connectivity index (χ1) is 8.90. The van der Waals surface area contributed by atoms with Crippen LogP contribution in [0.4, 0.5) is 4.79 Å². The molecule has 1 amide bonds. The van der Waals surface area contributed by atoms with Crippen LogP contribution < -0.4 is 5.73 Å². The van der Waals surface area contributed by atoms with Crippen molar-refractivity contribution in [3.63, 3.8) is 0 Å². The zero-order valence-corrected chi connectivity index (χ0v) is 11.0. The van der Waals surface area contributed by atoms with Gasteiger partial charge in [0.1, 0.15) is 5.75 Å². The molecule has 1 aliphatic rings. The normalized spacial score (nSPS) is 17.2. The van der Waals surface area contributed by atoms with Gasteiger partial charge in [0, 0.05) is 11.0 Å².